The largest absolute Gasteiger partial charge is 0.508 e. The van der Waals surface area contributed by atoms with Crippen LogP contribution in [0.15, 0.2) is 18.2 Å². The minimum absolute atomic E-state index is 0.0918. The third-order valence-corrected chi connectivity index (χ3v) is 3.74. The van der Waals surface area contributed by atoms with Crippen LogP contribution in [0.25, 0.3) is 0 Å². The van der Waals surface area contributed by atoms with Gasteiger partial charge in [0.05, 0.1) is 0 Å². The van der Waals surface area contributed by atoms with Gasteiger partial charge >= 0.3 is 0 Å². The summed E-state index contributed by atoms with van der Waals surface area (Å²) in [5.41, 5.74) is 6.95. The third kappa shape index (κ3) is 4.73. The van der Waals surface area contributed by atoms with Crippen LogP contribution in [-0.2, 0) is 0 Å². The van der Waals surface area contributed by atoms with Gasteiger partial charge < -0.3 is 15.9 Å². The number of nitrogens with two attached hydrogens (primary N) is 1. The Labute approximate surface area is 115 Å². The molecule has 1 aromatic carbocycles. The van der Waals surface area contributed by atoms with Crippen molar-refractivity contribution in [2.75, 3.05) is 13.6 Å². The molecule has 0 bridgehead atoms. The van der Waals surface area contributed by atoms with E-state index < -0.39 is 0 Å². The molecule has 4 nitrogen and oxygen atoms in total. The molecule has 108 valence electrons. The van der Waals surface area contributed by atoms with Crippen molar-refractivity contribution in [1.82, 2.24) is 4.90 Å². The Bertz CT molecular complexity index is 387. The Kier molecular flexibility index (Phi) is 5.63. The predicted molar refractivity (Wildman–Crippen MR) is 78.2 cm³/mol. The molecule has 0 saturated carbocycles. The fraction of sp³-hybridized carbons (Fsp3) is 0.600. The molecule has 0 radical (unpaired) electrons. The first-order valence-corrected chi connectivity index (χ1v) is 6.80. The van der Waals surface area contributed by atoms with Crippen molar-refractivity contribution in [3.63, 3.8) is 0 Å². The fourth-order valence-corrected chi connectivity index (χ4v) is 1.99. The average Bonchev–Trinajstić information content (AvgIpc) is 2.33. The van der Waals surface area contributed by atoms with Crippen molar-refractivity contribution in [3.8, 4) is 11.5 Å². The van der Waals surface area contributed by atoms with Gasteiger partial charge in [-0.1, -0.05) is 13.8 Å². The van der Waals surface area contributed by atoms with E-state index >= 15 is 0 Å². The van der Waals surface area contributed by atoms with Crippen molar-refractivity contribution in [1.29, 1.82) is 0 Å². The van der Waals surface area contributed by atoms with Gasteiger partial charge in [-0.3, -0.25) is 4.90 Å². The van der Waals surface area contributed by atoms with Gasteiger partial charge in [-0.25, -0.2) is 0 Å². The summed E-state index contributed by atoms with van der Waals surface area (Å²) in [4.78, 5) is 2.18. The van der Waals surface area contributed by atoms with E-state index in [1.165, 1.54) is 6.07 Å². The normalized spacial score (nSPS) is 14.9. The first-order valence-electron chi connectivity index (χ1n) is 6.80. The Balaban J connectivity index is 2.63. The van der Waals surface area contributed by atoms with E-state index in [2.05, 4.69) is 25.7 Å². The third-order valence-electron chi connectivity index (χ3n) is 3.74. The number of rotatable bonds is 6. The number of phenolic OH excluding ortho intramolecular Hbond substituents is 2. The molecule has 0 amide bonds. The predicted octanol–water partition coefficient (Wildman–Crippen LogP) is 2.46. The molecule has 1 aromatic rings. The highest BCUT2D eigenvalue weighted by atomic mass is 16.3. The first-order chi connectivity index (χ1) is 8.81. The summed E-state index contributed by atoms with van der Waals surface area (Å²) in [5.74, 6) is 0.664. The topological polar surface area (TPSA) is 69.7 Å². The number of nitrogens with zero attached hydrogens (tertiary/aromatic N) is 1. The molecule has 2 atom stereocenters. The molecule has 0 aliphatic carbocycles. The zero-order chi connectivity index (χ0) is 14.6. The van der Waals surface area contributed by atoms with Gasteiger partial charge in [0.2, 0.25) is 0 Å². The van der Waals surface area contributed by atoms with Crippen LogP contribution in [0.1, 0.15) is 38.8 Å². The lowest BCUT2D eigenvalue weighted by Gasteiger charge is -2.27. The minimum atomic E-state index is 0.0918. The molecule has 0 aliphatic heterocycles. The van der Waals surface area contributed by atoms with E-state index in [-0.39, 0.29) is 23.6 Å². The Morgan fingerprint density at radius 3 is 2.11 bits per heavy atom. The second-order valence-corrected chi connectivity index (χ2v) is 5.64. The van der Waals surface area contributed by atoms with E-state index in [0.717, 1.165) is 18.5 Å². The molecule has 4 N–H and O–H groups in total. The summed E-state index contributed by atoms with van der Waals surface area (Å²) < 4.78 is 0. The minimum Gasteiger partial charge on any atom is -0.508 e. The van der Waals surface area contributed by atoms with Crippen molar-refractivity contribution < 1.29 is 10.2 Å². The monoisotopic (exact) mass is 266 g/mol. The van der Waals surface area contributed by atoms with Gasteiger partial charge in [-0.15, -0.1) is 0 Å². The molecular formula is C15H26N2O2. The van der Waals surface area contributed by atoms with Crippen molar-refractivity contribution in [3.05, 3.63) is 23.8 Å². The van der Waals surface area contributed by atoms with Gasteiger partial charge in [0.1, 0.15) is 11.5 Å². The smallest absolute Gasteiger partial charge is 0.119 e. The molecule has 19 heavy (non-hydrogen) atoms. The molecule has 0 aromatic heterocycles. The summed E-state index contributed by atoms with van der Waals surface area (Å²) in [6.07, 6.45) is 0.934. The van der Waals surface area contributed by atoms with Crippen LogP contribution < -0.4 is 5.73 Å². The Morgan fingerprint density at radius 1 is 1.11 bits per heavy atom. The second kappa shape index (κ2) is 6.78. The SMILES string of the molecule is CC(C)C(N)CCN(C)C(C)c1cc(O)cc(O)c1. The lowest BCUT2D eigenvalue weighted by Crippen LogP contribution is -2.32. The Morgan fingerprint density at radius 2 is 1.63 bits per heavy atom. The van der Waals surface area contributed by atoms with Crippen LogP contribution in [-0.4, -0.2) is 34.7 Å². The maximum absolute atomic E-state index is 9.52. The highest BCUT2D eigenvalue weighted by Gasteiger charge is 2.15. The molecular weight excluding hydrogens is 240 g/mol. The maximum atomic E-state index is 9.52. The highest BCUT2D eigenvalue weighted by molar-refractivity contribution is 5.37. The molecule has 1 rings (SSSR count). The van der Waals surface area contributed by atoms with E-state index in [1.54, 1.807) is 12.1 Å². The molecule has 2 unspecified atom stereocenters. The van der Waals surface area contributed by atoms with Gasteiger partial charge in [0.25, 0.3) is 0 Å². The zero-order valence-electron chi connectivity index (χ0n) is 12.3. The molecule has 0 spiro atoms. The van der Waals surface area contributed by atoms with Crippen LogP contribution in [0, 0.1) is 5.92 Å². The molecule has 0 aliphatic rings. The standard InChI is InChI=1S/C15H26N2O2/c1-10(2)15(16)5-6-17(4)11(3)12-7-13(18)9-14(19)8-12/h7-11,15,18-19H,5-6,16H2,1-4H3. The van der Waals surface area contributed by atoms with Crippen LogP contribution in [0.3, 0.4) is 0 Å². The number of phenols is 2. The van der Waals surface area contributed by atoms with E-state index in [4.69, 9.17) is 5.73 Å². The van der Waals surface area contributed by atoms with E-state index in [1.807, 2.05) is 7.05 Å². The summed E-state index contributed by atoms with van der Waals surface area (Å²) in [7, 11) is 2.03. The molecule has 0 fully saturated rings. The summed E-state index contributed by atoms with van der Waals surface area (Å²) in [5, 5.41) is 19.0. The Hall–Kier alpha value is -1.26. The lowest BCUT2D eigenvalue weighted by atomic mass is 10.0. The van der Waals surface area contributed by atoms with Crippen molar-refractivity contribution in [2.45, 2.75) is 39.3 Å². The zero-order valence-corrected chi connectivity index (χ0v) is 12.3. The van der Waals surface area contributed by atoms with Gasteiger partial charge in [-0.05, 0) is 50.6 Å². The summed E-state index contributed by atoms with van der Waals surface area (Å²) in [6, 6.07) is 5.03. The van der Waals surface area contributed by atoms with Gasteiger partial charge in [0.15, 0.2) is 0 Å². The van der Waals surface area contributed by atoms with E-state index in [9.17, 15) is 10.2 Å². The molecule has 4 heteroatoms. The number of benzene rings is 1. The summed E-state index contributed by atoms with van der Waals surface area (Å²) >= 11 is 0. The quantitative estimate of drug-likeness (QED) is 0.740. The summed E-state index contributed by atoms with van der Waals surface area (Å²) in [6.45, 7) is 7.19. The second-order valence-electron chi connectivity index (χ2n) is 5.64. The first kappa shape index (κ1) is 15.8. The van der Waals surface area contributed by atoms with Crippen LogP contribution >= 0.6 is 0 Å². The number of aromatic hydroxyl groups is 2. The number of hydrogen-bond acceptors (Lipinski definition) is 4. The van der Waals surface area contributed by atoms with Crippen molar-refractivity contribution >= 4 is 0 Å². The van der Waals surface area contributed by atoms with E-state index in [0.29, 0.717) is 5.92 Å². The highest BCUT2D eigenvalue weighted by Crippen LogP contribution is 2.27. The van der Waals surface area contributed by atoms with Crippen molar-refractivity contribution in [2.24, 2.45) is 11.7 Å². The van der Waals surface area contributed by atoms with Crippen LogP contribution in [0.2, 0.25) is 0 Å². The van der Waals surface area contributed by atoms with Crippen LogP contribution in [0.4, 0.5) is 0 Å². The van der Waals surface area contributed by atoms with Crippen LogP contribution in [0.5, 0.6) is 11.5 Å². The fourth-order valence-electron chi connectivity index (χ4n) is 1.99. The average molecular weight is 266 g/mol. The number of hydrogen-bond donors (Lipinski definition) is 3. The van der Waals surface area contributed by atoms with Gasteiger partial charge in [0, 0.05) is 18.2 Å². The molecule has 0 saturated heterocycles. The molecule has 0 heterocycles. The van der Waals surface area contributed by atoms with Gasteiger partial charge in [-0.2, -0.15) is 0 Å². The lowest BCUT2D eigenvalue weighted by molar-refractivity contribution is 0.242. The maximum Gasteiger partial charge on any atom is 0.119 e.